The van der Waals surface area contributed by atoms with Crippen LogP contribution in [0.2, 0.25) is 0 Å². The third kappa shape index (κ3) is 3.84. The molecule has 3 aromatic heterocycles. The number of fused-ring (bicyclic) bond motifs is 2. The lowest BCUT2D eigenvalue weighted by molar-refractivity contribution is -0.106. The Balaban J connectivity index is 1.65. The Labute approximate surface area is 204 Å². The number of nitrogens with zero attached hydrogens (tertiary/aromatic N) is 6. The van der Waals surface area contributed by atoms with Crippen molar-refractivity contribution in [2.24, 2.45) is 0 Å². The first-order chi connectivity index (χ1) is 15.9. The van der Waals surface area contributed by atoms with Crippen LogP contribution in [0.4, 0.5) is 0 Å². The van der Waals surface area contributed by atoms with E-state index in [0.29, 0.717) is 43.3 Å². The standard InChI is InChI=1S/C24H22N6O2S2/c1-23(2,3)13-9-25-11(7-27-13)15-17-19(33-21(15)31)30-18-16(22(32)34-20(18)29-17)12-8-28-14(10-26-12)24(4,5)6/h7-10H,1-6H3. The highest BCUT2D eigenvalue weighted by Gasteiger charge is 2.33. The Morgan fingerprint density at radius 2 is 0.971 bits per heavy atom. The van der Waals surface area contributed by atoms with Gasteiger partial charge >= 0.3 is 0 Å². The first kappa shape index (κ1) is 22.8. The molecule has 0 amide bonds. The molecule has 0 saturated heterocycles. The van der Waals surface area contributed by atoms with Crippen molar-refractivity contribution in [2.45, 2.75) is 62.4 Å². The van der Waals surface area contributed by atoms with Crippen LogP contribution in [0.1, 0.15) is 64.3 Å². The Hall–Kier alpha value is -2.98. The molecular weight excluding hydrogens is 468 g/mol. The van der Waals surface area contributed by atoms with Gasteiger partial charge in [-0.25, -0.2) is 9.97 Å². The minimum atomic E-state index is -0.191. The molecule has 0 unspecified atom stereocenters. The highest BCUT2D eigenvalue weighted by molar-refractivity contribution is 8.15. The number of rotatable bonds is 2. The van der Waals surface area contributed by atoms with E-state index in [2.05, 4.69) is 29.9 Å². The van der Waals surface area contributed by atoms with Gasteiger partial charge in [-0.1, -0.05) is 41.5 Å². The fourth-order valence-corrected chi connectivity index (χ4v) is 5.20. The quantitative estimate of drug-likeness (QED) is 0.530. The average molecular weight is 491 g/mol. The Morgan fingerprint density at radius 3 is 1.26 bits per heavy atom. The molecule has 0 atom stereocenters. The smallest absolute Gasteiger partial charge is 0.230 e. The van der Waals surface area contributed by atoms with Gasteiger partial charge in [-0.3, -0.25) is 29.5 Å². The van der Waals surface area contributed by atoms with Crippen LogP contribution < -0.4 is 10.7 Å². The van der Waals surface area contributed by atoms with Crippen molar-refractivity contribution in [3.8, 4) is 0 Å². The summed E-state index contributed by atoms with van der Waals surface area (Å²) >= 11 is 1.97. The minimum Gasteiger partial charge on any atom is -0.281 e. The average Bonchev–Trinajstić information content (AvgIpc) is 3.25. The minimum absolute atomic E-state index is 0.152. The van der Waals surface area contributed by atoms with Crippen LogP contribution in [-0.4, -0.2) is 40.1 Å². The van der Waals surface area contributed by atoms with E-state index in [1.54, 1.807) is 24.8 Å². The van der Waals surface area contributed by atoms with Crippen LogP contribution in [0, 0.1) is 0 Å². The predicted molar refractivity (Wildman–Crippen MR) is 129 cm³/mol. The summed E-state index contributed by atoms with van der Waals surface area (Å²) in [7, 11) is 0. The van der Waals surface area contributed by atoms with Gasteiger partial charge in [0.15, 0.2) is 0 Å². The number of carbonyl (C=O) groups excluding carboxylic acids is 2. The molecule has 0 fully saturated rings. The maximum atomic E-state index is 12.9. The second kappa shape index (κ2) is 7.78. The zero-order valence-electron chi connectivity index (χ0n) is 19.6. The van der Waals surface area contributed by atoms with Crippen LogP contribution in [0.15, 0.2) is 34.8 Å². The normalized spacial score (nSPS) is 15.7. The molecule has 3 aromatic rings. The molecule has 5 heterocycles. The van der Waals surface area contributed by atoms with Crippen molar-refractivity contribution in [2.75, 3.05) is 0 Å². The summed E-state index contributed by atoms with van der Waals surface area (Å²) in [5.74, 6) is 0. The largest absolute Gasteiger partial charge is 0.281 e. The van der Waals surface area contributed by atoms with E-state index < -0.39 is 0 Å². The summed E-state index contributed by atoms with van der Waals surface area (Å²) < 4.78 is 0. The van der Waals surface area contributed by atoms with Crippen LogP contribution in [0.3, 0.4) is 0 Å². The van der Waals surface area contributed by atoms with E-state index in [9.17, 15) is 9.59 Å². The van der Waals surface area contributed by atoms with Gasteiger partial charge in [0, 0.05) is 23.2 Å². The molecule has 8 nitrogen and oxygen atoms in total. The van der Waals surface area contributed by atoms with Crippen LogP contribution >= 0.6 is 23.5 Å². The number of thioether (sulfide) groups is 2. The van der Waals surface area contributed by atoms with E-state index in [1.165, 1.54) is 0 Å². The fourth-order valence-electron chi connectivity index (χ4n) is 3.48. The molecule has 0 aliphatic carbocycles. The van der Waals surface area contributed by atoms with Crippen molar-refractivity contribution >= 4 is 44.9 Å². The molecule has 0 aromatic carbocycles. The molecule has 10 heteroatoms. The monoisotopic (exact) mass is 490 g/mol. The van der Waals surface area contributed by atoms with Gasteiger partial charge in [0.05, 0.1) is 46.3 Å². The van der Waals surface area contributed by atoms with Crippen LogP contribution in [0.25, 0.3) is 11.1 Å². The summed E-state index contributed by atoms with van der Waals surface area (Å²) in [4.78, 5) is 53.0. The number of hydrogen-bond donors (Lipinski definition) is 0. The van der Waals surface area contributed by atoms with Crippen molar-refractivity contribution < 1.29 is 9.59 Å². The number of aromatic nitrogens is 6. The zero-order valence-corrected chi connectivity index (χ0v) is 21.3. The highest BCUT2D eigenvalue weighted by atomic mass is 32.2. The Kier molecular flexibility index (Phi) is 5.21. The lowest BCUT2D eigenvalue weighted by Crippen LogP contribution is -2.24. The van der Waals surface area contributed by atoms with E-state index in [1.807, 2.05) is 41.5 Å². The molecule has 0 radical (unpaired) electrons. The van der Waals surface area contributed by atoms with Crippen molar-refractivity contribution in [1.29, 1.82) is 0 Å². The van der Waals surface area contributed by atoms with Gasteiger partial charge in [-0.05, 0) is 23.5 Å². The Morgan fingerprint density at radius 1 is 0.588 bits per heavy atom. The topological polar surface area (TPSA) is 111 Å². The predicted octanol–water partition coefficient (Wildman–Crippen LogP) is 2.31. The maximum absolute atomic E-state index is 12.9. The fraction of sp³-hybridized carbons (Fsp3) is 0.333. The molecule has 0 saturated carbocycles. The second-order valence-electron chi connectivity index (χ2n) is 10.1. The molecule has 0 bridgehead atoms. The molecule has 172 valence electrons. The lowest BCUT2D eigenvalue weighted by Gasteiger charge is -2.16. The van der Waals surface area contributed by atoms with E-state index in [4.69, 9.17) is 0 Å². The number of hydrogen-bond acceptors (Lipinski definition) is 10. The molecule has 2 aliphatic rings. The Bertz CT molecular complexity index is 1370. The summed E-state index contributed by atoms with van der Waals surface area (Å²) in [5.41, 5.74) is 2.96. The van der Waals surface area contributed by atoms with Gasteiger partial charge in [-0.2, -0.15) is 0 Å². The van der Waals surface area contributed by atoms with Crippen LogP contribution in [0.5, 0.6) is 0 Å². The zero-order chi connectivity index (χ0) is 24.4. The molecule has 34 heavy (non-hydrogen) atoms. The van der Waals surface area contributed by atoms with Crippen molar-refractivity contribution in [3.63, 3.8) is 0 Å². The number of carbonyl (C=O) groups is 2. The highest BCUT2D eigenvalue weighted by Crippen LogP contribution is 2.32. The SMILES string of the molecule is CC(C)(C)c1cnc(C2=c3nc4c(nc3SC2=O)=C(c2cnc(C(C)(C)C)cn2)C(=O)S4)cn1. The lowest BCUT2D eigenvalue weighted by atomic mass is 9.92. The first-order valence-corrected chi connectivity index (χ1v) is 12.3. The van der Waals surface area contributed by atoms with Gasteiger partial charge < -0.3 is 0 Å². The second-order valence-corrected chi connectivity index (χ2v) is 12.1. The van der Waals surface area contributed by atoms with E-state index >= 15 is 0 Å². The molecular formula is C24H22N6O2S2. The van der Waals surface area contributed by atoms with E-state index in [-0.39, 0.29) is 21.1 Å². The van der Waals surface area contributed by atoms with Crippen molar-refractivity contribution in [1.82, 2.24) is 29.9 Å². The molecule has 5 rings (SSSR count). The summed E-state index contributed by atoms with van der Waals surface area (Å²) in [5, 5.41) is 1.39. The van der Waals surface area contributed by atoms with Gasteiger partial charge in [0.1, 0.15) is 20.8 Å². The van der Waals surface area contributed by atoms with Gasteiger partial charge in [0.25, 0.3) is 0 Å². The van der Waals surface area contributed by atoms with E-state index in [0.717, 1.165) is 34.9 Å². The maximum Gasteiger partial charge on any atom is 0.230 e. The van der Waals surface area contributed by atoms with Gasteiger partial charge in [0.2, 0.25) is 10.2 Å². The van der Waals surface area contributed by atoms with Gasteiger partial charge in [-0.15, -0.1) is 0 Å². The first-order valence-electron chi connectivity index (χ1n) is 10.7. The summed E-state index contributed by atoms with van der Waals surface area (Å²) in [6, 6.07) is 0. The third-order valence-electron chi connectivity index (χ3n) is 5.45. The molecule has 0 N–H and O–H groups in total. The van der Waals surface area contributed by atoms with Crippen molar-refractivity contribution in [3.05, 3.63) is 58.3 Å². The molecule has 0 spiro atoms. The summed E-state index contributed by atoms with van der Waals surface area (Å²) in [6.07, 6.45) is 6.56. The summed E-state index contributed by atoms with van der Waals surface area (Å²) in [6.45, 7) is 12.3. The third-order valence-corrected chi connectivity index (χ3v) is 7.18. The van der Waals surface area contributed by atoms with Crippen LogP contribution in [-0.2, 0) is 20.4 Å². The molecule has 2 aliphatic heterocycles.